The minimum absolute atomic E-state index is 0.0361. The Hall–Kier alpha value is -1.93. The predicted molar refractivity (Wildman–Crippen MR) is 113 cm³/mol. The second-order valence-corrected chi connectivity index (χ2v) is 8.69. The lowest BCUT2D eigenvalue weighted by Gasteiger charge is -2.18. The molecule has 0 fully saturated rings. The van der Waals surface area contributed by atoms with Gasteiger partial charge in [0.05, 0.1) is 11.4 Å². The Kier molecular flexibility index (Phi) is 8.00. The number of carbonyl (C=O) groups is 1. The molecule has 0 saturated carbocycles. The van der Waals surface area contributed by atoms with Gasteiger partial charge in [-0.05, 0) is 48.9 Å². The van der Waals surface area contributed by atoms with Gasteiger partial charge >= 0.3 is 0 Å². The monoisotopic (exact) mass is 423 g/mol. The minimum Gasteiger partial charge on any atom is -0.325 e. The van der Waals surface area contributed by atoms with E-state index in [0.717, 1.165) is 5.56 Å². The Bertz CT molecular complexity index is 897. The average Bonchev–Trinajstić information content (AvgIpc) is 2.67. The second kappa shape index (κ2) is 10.0. The quantitative estimate of drug-likeness (QED) is 0.645. The van der Waals surface area contributed by atoms with Gasteiger partial charge in [-0.1, -0.05) is 37.6 Å². The van der Waals surface area contributed by atoms with Crippen LogP contribution in [0.25, 0.3) is 0 Å². The third-order valence-electron chi connectivity index (χ3n) is 4.40. The number of nitrogens with one attached hydrogen (secondary N) is 2. The van der Waals surface area contributed by atoms with Crippen molar-refractivity contribution in [2.45, 2.75) is 31.7 Å². The molecular formula is C20H26ClN3O3S. The standard InChI is InChI=1S/C20H26ClN3O3S/c1-4-24(5-2)28(26,27)19-11-9-18(10-12-19)23-20(25)14-22-15(3)16-7-6-8-17(21)13-16/h6-13,15,22H,4-5,14H2,1-3H3,(H,23,25)/t15-/m1/s1. The number of halogens is 1. The molecule has 2 N–H and O–H groups in total. The molecule has 2 aromatic carbocycles. The molecule has 0 aliphatic rings. The van der Waals surface area contributed by atoms with Crippen LogP contribution in [0.4, 0.5) is 5.69 Å². The molecular weight excluding hydrogens is 398 g/mol. The highest BCUT2D eigenvalue weighted by Gasteiger charge is 2.21. The van der Waals surface area contributed by atoms with Crippen LogP contribution in [0.2, 0.25) is 5.02 Å². The van der Waals surface area contributed by atoms with Gasteiger partial charge in [0.15, 0.2) is 0 Å². The number of nitrogens with zero attached hydrogens (tertiary/aromatic N) is 1. The summed E-state index contributed by atoms with van der Waals surface area (Å²) >= 11 is 5.99. The van der Waals surface area contributed by atoms with Gasteiger partial charge in [-0.3, -0.25) is 4.79 Å². The Morgan fingerprint density at radius 3 is 2.32 bits per heavy atom. The summed E-state index contributed by atoms with van der Waals surface area (Å²) in [5.41, 5.74) is 1.53. The van der Waals surface area contributed by atoms with Crippen molar-refractivity contribution in [3.05, 3.63) is 59.1 Å². The topological polar surface area (TPSA) is 78.5 Å². The highest BCUT2D eigenvalue weighted by molar-refractivity contribution is 7.89. The number of amides is 1. The molecule has 2 rings (SSSR count). The average molecular weight is 424 g/mol. The van der Waals surface area contributed by atoms with Crippen LogP contribution in [0.3, 0.4) is 0 Å². The van der Waals surface area contributed by atoms with Crippen LogP contribution in [-0.4, -0.2) is 38.3 Å². The first-order valence-electron chi connectivity index (χ1n) is 9.16. The van der Waals surface area contributed by atoms with Gasteiger partial charge in [0, 0.05) is 29.8 Å². The summed E-state index contributed by atoms with van der Waals surface area (Å²) in [6.07, 6.45) is 0. The second-order valence-electron chi connectivity index (χ2n) is 6.32. The molecule has 152 valence electrons. The highest BCUT2D eigenvalue weighted by atomic mass is 35.5. The smallest absolute Gasteiger partial charge is 0.243 e. The molecule has 0 bridgehead atoms. The summed E-state index contributed by atoms with van der Waals surface area (Å²) in [6.45, 7) is 6.49. The fourth-order valence-corrected chi connectivity index (χ4v) is 4.42. The van der Waals surface area contributed by atoms with Crippen molar-refractivity contribution in [2.75, 3.05) is 25.0 Å². The van der Waals surface area contributed by atoms with Crippen LogP contribution >= 0.6 is 11.6 Å². The van der Waals surface area contributed by atoms with Crippen LogP contribution in [-0.2, 0) is 14.8 Å². The van der Waals surface area contributed by atoms with Crippen LogP contribution < -0.4 is 10.6 Å². The van der Waals surface area contributed by atoms with Crippen LogP contribution in [0.5, 0.6) is 0 Å². The lowest BCUT2D eigenvalue weighted by molar-refractivity contribution is -0.115. The molecule has 0 heterocycles. The molecule has 6 nitrogen and oxygen atoms in total. The maximum Gasteiger partial charge on any atom is 0.243 e. The van der Waals surface area contributed by atoms with E-state index in [1.54, 1.807) is 32.0 Å². The van der Waals surface area contributed by atoms with Gasteiger partial charge in [-0.2, -0.15) is 4.31 Å². The van der Waals surface area contributed by atoms with Gasteiger partial charge in [0.25, 0.3) is 0 Å². The zero-order valence-corrected chi connectivity index (χ0v) is 17.8. The normalized spacial score (nSPS) is 12.8. The molecule has 0 spiro atoms. The number of anilines is 1. The lowest BCUT2D eigenvalue weighted by Crippen LogP contribution is -2.31. The number of sulfonamides is 1. The molecule has 1 atom stereocenters. The van der Waals surface area contributed by atoms with E-state index < -0.39 is 10.0 Å². The van der Waals surface area contributed by atoms with Crippen molar-refractivity contribution in [3.8, 4) is 0 Å². The summed E-state index contributed by atoms with van der Waals surface area (Å²) in [7, 11) is -3.50. The van der Waals surface area contributed by atoms with Crippen molar-refractivity contribution in [3.63, 3.8) is 0 Å². The SMILES string of the molecule is CCN(CC)S(=O)(=O)c1ccc(NC(=O)CN[C@H](C)c2cccc(Cl)c2)cc1. The van der Waals surface area contributed by atoms with Gasteiger partial charge in [0.1, 0.15) is 0 Å². The summed E-state index contributed by atoms with van der Waals surface area (Å²) < 4.78 is 26.4. The van der Waals surface area contributed by atoms with E-state index in [1.807, 2.05) is 25.1 Å². The Morgan fingerprint density at radius 1 is 1.11 bits per heavy atom. The van der Waals surface area contributed by atoms with Gasteiger partial charge < -0.3 is 10.6 Å². The maximum absolute atomic E-state index is 12.5. The first-order valence-corrected chi connectivity index (χ1v) is 11.0. The molecule has 0 radical (unpaired) electrons. The van der Waals surface area contributed by atoms with E-state index in [9.17, 15) is 13.2 Å². The Balaban J connectivity index is 1.94. The Morgan fingerprint density at radius 2 is 1.75 bits per heavy atom. The number of benzene rings is 2. The maximum atomic E-state index is 12.5. The number of hydrogen-bond donors (Lipinski definition) is 2. The first-order chi connectivity index (χ1) is 13.3. The zero-order valence-electron chi connectivity index (χ0n) is 16.3. The molecule has 2 aromatic rings. The van der Waals surface area contributed by atoms with E-state index in [2.05, 4.69) is 10.6 Å². The van der Waals surface area contributed by atoms with E-state index in [1.165, 1.54) is 16.4 Å². The van der Waals surface area contributed by atoms with Crippen LogP contribution in [0, 0.1) is 0 Å². The fraction of sp³-hybridized carbons (Fsp3) is 0.350. The lowest BCUT2D eigenvalue weighted by atomic mass is 10.1. The molecule has 0 saturated heterocycles. The van der Waals surface area contributed by atoms with Crippen molar-refractivity contribution < 1.29 is 13.2 Å². The summed E-state index contributed by atoms with van der Waals surface area (Å²) in [6, 6.07) is 13.6. The molecule has 1 amide bonds. The van der Waals surface area contributed by atoms with Crippen molar-refractivity contribution >= 4 is 33.2 Å². The summed E-state index contributed by atoms with van der Waals surface area (Å²) in [5.74, 6) is -0.215. The third-order valence-corrected chi connectivity index (χ3v) is 6.70. The van der Waals surface area contributed by atoms with E-state index in [-0.39, 0.29) is 23.4 Å². The number of rotatable bonds is 9. The molecule has 28 heavy (non-hydrogen) atoms. The predicted octanol–water partition coefficient (Wildman–Crippen LogP) is 3.66. The molecule has 0 aromatic heterocycles. The minimum atomic E-state index is -3.50. The Labute approximate surface area is 171 Å². The molecule has 0 aliphatic carbocycles. The van der Waals surface area contributed by atoms with E-state index in [4.69, 9.17) is 11.6 Å². The molecule has 8 heteroatoms. The van der Waals surface area contributed by atoms with E-state index in [0.29, 0.717) is 23.8 Å². The zero-order chi connectivity index (χ0) is 20.7. The summed E-state index contributed by atoms with van der Waals surface area (Å²) in [5, 5.41) is 6.55. The first kappa shape index (κ1) is 22.4. The van der Waals surface area contributed by atoms with Crippen molar-refractivity contribution in [1.29, 1.82) is 0 Å². The summed E-state index contributed by atoms with van der Waals surface area (Å²) in [4.78, 5) is 12.4. The largest absolute Gasteiger partial charge is 0.325 e. The van der Waals surface area contributed by atoms with E-state index >= 15 is 0 Å². The van der Waals surface area contributed by atoms with Crippen molar-refractivity contribution in [2.24, 2.45) is 0 Å². The van der Waals surface area contributed by atoms with Crippen LogP contribution in [0.15, 0.2) is 53.4 Å². The fourth-order valence-electron chi connectivity index (χ4n) is 2.77. The molecule has 0 aliphatic heterocycles. The number of hydrogen-bond acceptors (Lipinski definition) is 4. The van der Waals surface area contributed by atoms with Crippen LogP contribution in [0.1, 0.15) is 32.4 Å². The highest BCUT2D eigenvalue weighted by Crippen LogP contribution is 2.19. The van der Waals surface area contributed by atoms with Crippen molar-refractivity contribution in [1.82, 2.24) is 9.62 Å². The number of carbonyl (C=O) groups excluding carboxylic acids is 1. The third kappa shape index (κ3) is 5.78. The van der Waals surface area contributed by atoms with Gasteiger partial charge in [-0.15, -0.1) is 0 Å². The van der Waals surface area contributed by atoms with Gasteiger partial charge in [0.2, 0.25) is 15.9 Å². The van der Waals surface area contributed by atoms with Gasteiger partial charge in [-0.25, -0.2) is 8.42 Å². The molecule has 0 unspecified atom stereocenters.